The molecule has 32 heavy (non-hydrogen) atoms. The van der Waals surface area contributed by atoms with Crippen LogP contribution in [0.3, 0.4) is 0 Å². The van der Waals surface area contributed by atoms with Crippen LogP contribution < -0.4 is 15.5 Å². The molecule has 0 radical (unpaired) electrons. The Morgan fingerprint density at radius 1 is 1.06 bits per heavy atom. The van der Waals surface area contributed by atoms with Crippen molar-refractivity contribution in [3.05, 3.63) is 77.2 Å². The van der Waals surface area contributed by atoms with E-state index >= 15 is 0 Å². The number of ether oxygens (including phenoxy) is 1. The van der Waals surface area contributed by atoms with Gasteiger partial charge in [-0.2, -0.15) is 0 Å². The molecule has 0 aromatic heterocycles. The first-order valence-electron chi connectivity index (χ1n) is 10.8. The fraction of sp³-hybridized carbons (Fsp3) is 0.333. The highest BCUT2D eigenvalue weighted by Gasteiger charge is 2.34. The first-order valence-corrected chi connectivity index (χ1v) is 10.8. The maximum Gasteiger partial charge on any atom is 0.338 e. The van der Waals surface area contributed by atoms with E-state index in [9.17, 15) is 14.0 Å². The summed E-state index contributed by atoms with van der Waals surface area (Å²) >= 11 is 0. The van der Waals surface area contributed by atoms with Gasteiger partial charge in [0.1, 0.15) is 5.82 Å². The number of para-hydroxylation sites is 1. The summed E-state index contributed by atoms with van der Waals surface area (Å²) in [5.41, 5.74) is 2.68. The molecule has 8 heteroatoms. The van der Waals surface area contributed by atoms with Gasteiger partial charge in [-0.1, -0.05) is 30.3 Å². The minimum Gasteiger partial charge on any atom is -0.463 e. The van der Waals surface area contributed by atoms with E-state index in [0.29, 0.717) is 23.4 Å². The van der Waals surface area contributed by atoms with E-state index in [2.05, 4.69) is 32.6 Å². The third-order valence-electron chi connectivity index (χ3n) is 5.73. The third kappa shape index (κ3) is 4.91. The highest BCUT2D eigenvalue weighted by molar-refractivity contribution is 5.95. The van der Waals surface area contributed by atoms with E-state index in [0.717, 1.165) is 26.2 Å². The van der Waals surface area contributed by atoms with Gasteiger partial charge in [0, 0.05) is 44.1 Å². The lowest BCUT2D eigenvalue weighted by molar-refractivity contribution is -0.139. The summed E-state index contributed by atoms with van der Waals surface area (Å²) in [5, 5.41) is 5.59. The zero-order valence-corrected chi connectivity index (χ0v) is 18.0. The summed E-state index contributed by atoms with van der Waals surface area (Å²) in [5.74, 6) is -0.876. The molecule has 2 aromatic carbocycles. The second-order valence-corrected chi connectivity index (χ2v) is 7.79. The van der Waals surface area contributed by atoms with E-state index in [1.165, 1.54) is 17.8 Å². The summed E-state index contributed by atoms with van der Waals surface area (Å²) in [6.45, 7) is 5.65. The monoisotopic (exact) mass is 438 g/mol. The van der Waals surface area contributed by atoms with Gasteiger partial charge in [-0.3, -0.25) is 4.90 Å². The van der Waals surface area contributed by atoms with Gasteiger partial charge in [0.25, 0.3) is 0 Å². The molecule has 1 fully saturated rings. The molecule has 1 saturated heterocycles. The fourth-order valence-electron chi connectivity index (χ4n) is 4.12. The first kappa shape index (κ1) is 21.8. The Balaban J connectivity index is 1.56. The van der Waals surface area contributed by atoms with Crippen molar-refractivity contribution >= 4 is 17.7 Å². The lowest BCUT2D eigenvalue weighted by Gasteiger charge is -2.38. The Bertz CT molecular complexity index is 986. The molecule has 7 nitrogen and oxygen atoms in total. The molecular weight excluding hydrogens is 411 g/mol. The number of hydrogen-bond donors (Lipinski definition) is 2. The lowest BCUT2D eigenvalue weighted by atomic mass is 9.95. The van der Waals surface area contributed by atoms with Crippen LogP contribution in [0.15, 0.2) is 65.9 Å². The number of hydrogen-bond acceptors (Lipinski definition) is 5. The van der Waals surface area contributed by atoms with Gasteiger partial charge in [-0.25, -0.2) is 14.0 Å². The molecule has 2 heterocycles. The normalized spacial score (nSPS) is 19.4. The van der Waals surface area contributed by atoms with E-state index in [-0.39, 0.29) is 12.4 Å². The molecule has 0 bridgehead atoms. The van der Waals surface area contributed by atoms with Crippen LogP contribution in [-0.2, 0) is 9.53 Å². The number of halogens is 1. The van der Waals surface area contributed by atoms with Crippen molar-refractivity contribution < 1.29 is 18.7 Å². The summed E-state index contributed by atoms with van der Waals surface area (Å²) in [6.07, 6.45) is 0. The van der Waals surface area contributed by atoms with Crippen LogP contribution in [0, 0.1) is 5.82 Å². The van der Waals surface area contributed by atoms with E-state index in [1.54, 1.807) is 19.1 Å². The Labute approximate surface area is 186 Å². The van der Waals surface area contributed by atoms with Crippen molar-refractivity contribution in [1.82, 2.24) is 15.5 Å². The predicted molar refractivity (Wildman–Crippen MR) is 120 cm³/mol. The van der Waals surface area contributed by atoms with E-state index in [4.69, 9.17) is 4.74 Å². The summed E-state index contributed by atoms with van der Waals surface area (Å²) in [4.78, 5) is 29.8. The average molecular weight is 439 g/mol. The molecule has 0 unspecified atom stereocenters. The zero-order valence-electron chi connectivity index (χ0n) is 18.0. The van der Waals surface area contributed by atoms with Crippen LogP contribution >= 0.6 is 0 Å². The number of carbonyl (C=O) groups is 2. The Morgan fingerprint density at radius 3 is 2.41 bits per heavy atom. The highest BCUT2D eigenvalue weighted by Crippen LogP contribution is 2.28. The number of urea groups is 1. The highest BCUT2D eigenvalue weighted by atomic mass is 19.1. The van der Waals surface area contributed by atoms with Crippen molar-refractivity contribution in [2.45, 2.75) is 13.0 Å². The molecule has 2 aromatic rings. The summed E-state index contributed by atoms with van der Waals surface area (Å²) < 4.78 is 18.7. The number of benzene rings is 2. The second-order valence-electron chi connectivity index (χ2n) is 7.79. The topological polar surface area (TPSA) is 73.9 Å². The number of carbonyl (C=O) groups excluding carboxylic acids is 2. The largest absolute Gasteiger partial charge is 0.463 e. The second kappa shape index (κ2) is 9.82. The van der Waals surface area contributed by atoms with Crippen LogP contribution in [0.1, 0.15) is 18.5 Å². The molecule has 2 aliphatic heterocycles. The van der Waals surface area contributed by atoms with Gasteiger partial charge in [0.2, 0.25) is 0 Å². The fourth-order valence-corrected chi connectivity index (χ4v) is 4.12. The molecule has 168 valence electrons. The van der Waals surface area contributed by atoms with Crippen molar-refractivity contribution in [3.8, 4) is 0 Å². The number of nitrogens with zero attached hydrogens (tertiary/aromatic N) is 2. The van der Waals surface area contributed by atoms with Crippen molar-refractivity contribution in [1.29, 1.82) is 0 Å². The van der Waals surface area contributed by atoms with Crippen LogP contribution in [0.25, 0.3) is 0 Å². The molecule has 1 atom stereocenters. The molecule has 2 N–H and O–H groups in total. The van der Waals surface area contributed by atoms with Crippen LogP contribution in [0.5, 0.6) is 0 Å². The summed E-state index contributed by atoms with van der Waals surface area (Å²) in [7, 11) is 0. The Morgan fingerprint density at radius 2 is 1.75 bits per heavy atom. The quantitative estimate of drug-likeness (QED) is 0.679. The lowest BCUT2D eigenvalue weighted by Crippen LogP contribution is -2.51. The SMILES string of the molecule is CCOC(=O)C1=C(CN2CCN(c3ccccc3)CC2)NC(=O)N[C@@H]1c1ccc(F)cc1. The number of anilines is 1. The average Bonchev–Trinajstić information content (AvgIpc) is 2.80. The minimum atomic E-state index is -0.705. The molecule has 0 spiro atoms. The van der Waals surface area contributed by atoms with E-state index in [1.807, 2.05) is 18.2 Å². The number of piperazine rings is 1. The first-order chi connectivity index (χ1) is 15.5. The number of rotatable bonds is 6. The Kier molecular flexibility index (Phi) is 6.70. The van der Waals surface area contributed by atoms with Gasteiger partial charge in [-0.15, -0.1) is 0 Å². The van der Waals surface area contributed by atoms with Gasteiger partial charge in [-0.05, 0) is 36.8 Å². The minimum absolute atomic E-state index is 0.218. The van der Waals surface area contributed by atoms with Gasteiger partial charge in [0.15, 0.2) is 0 Å². The van der Waals surface area contributed by atoms with Crippen LogP contribution in [0.4, 0.5) is 14.9 Å². The van der Waals surface area contributed by atoms with Gasteiger partial charge in [0.05, 0.1) is 18.2 Å². The Hall–Kier alpha value is -3.39. The zero-order chi connectivity index (χ0) is 22.5. The van der Waals surface area contributed by atoms with Gasteiger partial charge < -0.3 is 20.3 Å². The smallest absolute Gasteiger partial charge is 0.338 e. The number of amides is 2. The number of esters is 1. The maximum atomic E-state index is 13.4. The van der Waals surface area contributed by atoms with Gasteiger partial charge >= 0.3 is 12.0 Å². The molecule has 0 aliphatic carbocycles. The maximum absolute atomic E-state index is 13.4. The molecule has 2 aliphatic rings. The van der Waals surface area contributed by atoms with Crippen LogP contribution in [0.2, 0.25) is 0 Å². The van der Waals surface area contributed by atoms with Crippen molar-refractivity contribution in [3.63, 3.8) is 0 Å². The predicted octanol–water partition coefficient (Wildman–Crippen LogP) is 2.82. The standard InChI is InChI=1S/C24H27FN4O3/c1-2-32-23(30)21-20(26-24(31)27-22(21)17-8-10-18(25)11-9-17)16-28-12-14-29(15-13-28)19-6-4-3-5-7-19/h3-11,22H,2,12-16H2,1H3,(H2,26,27,31)/t22-/m1/s1. The van der Waals surface area contributed by atoms with E-state index < -0.39 is 18.0 Å². The molecule has 0 saturated carbocycles. The molecular formula is C24H27FN4O3. The number of nitrogens with one attached hydrogen (secondary N) is 2. The van der Waals surface area contributed by atoms with Crippen molar-refractivity contribution in [2.75, 3.05) is 44.2 Å². The summed E-state index contributed by atoms with van der Waals surface area (Å²) in [6, 6.07) is 14.9. The molecule has 4 rings (SSSR count). The molecule has 2 amide bonds. The van der Waals surface area contributed by atoms with Crippen molar-refractivity contribution in [2.24, 2.45) is 0 Å². The van der Waals surface area contributed by atoms with Crippen LogP contribution in [-0.4, -0.2) is 56.2 Å². The third-order valence-corrected chi connectivity index (χ3v) is 5.73.